The van der Waals surface area contributed by atoms with Crippen molar-refractivity contribution in [1.82, 2.24) is 5.32 Å². The van der Waals surface area contributed by atoms with E-state index in [1.807, 2.05) is 13.0 Å². The molecule has 0 aliphatic carbocycles. The number of aryl methyl sites for hydroxylation is 1. The number of phenols is 2. The number of benzene rings is 1. The predicted molar refractivity (Wildman–Crippen MR) is 60.8 cm³/mol. The van der Waals surface area contributed by atoms with E-state index in [0.717, 1.165) is 12.1 Å². The van der Waals surface area contributed by atoms with Gasteiger partial charge in [-0.25, -0.2) is 0 Å². The molecule has 0 bridgehead atoms. The predicted octanol–water partition coefficient (Wildman–Crippen LogP) is 1.38. The minimum absolute atomic E-state index is 0.0378. The molecule has 16 heavy (non-hydrogen) atoms. The van der Waals surface area contributed by atoms with Crippen molar-refractivity contribution in [1.29, 1.82) is 0 Å². The summed E-state index contributed by atoms with van der Waals surface area (Å²) >= 11 is 0. The van der Waals surface area contributed by atoms with Crippen LogP contribution >= 0.6 is 0 Å². The average Bonchev–Trinajstić information content (AvgIpc) is 2.32. The van der Waals surface area contributed by atoms with E-state index in [0.29, 0.717) is 24.3 Å². The first-order valence-electron chi connectivity index (χ1n) is 5.45. The molecule has 4 heteroatoms. The van der Waals surface area contributed by atoms with Gasteiger partial charge in [0.25, 0.3) is 0 Å². The largest absolute Gasteiger partial charge is 0.504 e. The van der Waals surface area contributed by atoms with E-state index in [1.165, 1.54) is 0 Å². The minimum atomic E-state index is -0.182. The van der Waals surface area contributed by atoms with Gasteiger partial charge in [0.15, 0.2) is 11.5 Å². The Bertz CT molecular complexity index is 398. The Balaban J connectivity index is 2.40. The Kier molecular flexibility index (Phi) is 3.03. The number of hydrogen-bond donors (Lipinski definition) is 3. The zero-order valence-electron chi connectivity index (χ0n) is 9.58. The van der Waals surface area contributed by atoms with Gasteiger partial charge < -0.3 is 20.3 Å². The van der Waals surface area contributed by atoms with Crippen molar-refractivity contribution in [2.45, 2.75) is 20.0 Å². The van der Waals surface area contributed by atoms with Crippen LogP contribution in [-0.4, -0.2) is 29.9 Å². The molecule has 1 unspecified atom stereocenters. The second kappa shape index (κ2) is 4.31. The summed E-state index contributed by atoms with van der Waals surface area (Å²) in [4.78, 5) is 0. The second-order valence-electron chi connectivity index (χ2n) is 4.17. The van der Waals surface area contributed by atoms with Crippen LogP contribution in [0.4, 0.5) is 0 Å². The molecule has 0 amide bonds. The van der Waals surface area contributed by atoms with E-state index in [9.17, 15) is 10.2 Å². The van der Waals surface area contributed by atoms with Gasteiger partial charge in [-0.3, -0.25) is 0 Å². The molecule has 1 fully saturated rings. The molecule has 88 valence electrons. The first-order valence-corrected chi connectivity index (χ1v) is 5.45. The lowest BCUT2D eigenvalue weighted by molar-refractivity contribution is 0.0260. The Labute approximate surface area is 94.9 Å². The Hall–Kier alpha value is -1.26. The van der Waals surface area contributed by atoms with Crippen molar-refractivity contribution in [3.05, 3.63) is 22.8 Å². The first-order chi connectivity index (χ1) is 7.61. The molecule has 0 aromatic heterocycles. The van der Waals surface area contributed by atoms with Gasteiger partial charge in [-0.15, -0.1) is 0 Å². The van der Waals surface area contributed by atoms with Crippen molar-refractivity contribution in [2.75, 3.05) is 19.7 Å². The normalized spacial score (nSPS) is 21.0. The second-order valence-corrected chi connectivity index (χ2v) is 4.17. The van der Waals surface area contributed by atoms with Crippen LogP contribution in [0.25, 0.3) is 0 Å². The summed E-state index contributed by atoms with van der Waals surface area (Å²) in [6.45, 7) is 5.81. The Morgan fingerprint density at radius 2 is 2.06 bits per heavy atom. The van der Waals surface area contributed by atoms with Crippen LogP contribution in [0, 0.1) is 13.8 Å². The van der Waals surface area contributed by atoms with Crippen LogP contribution in [0.2, 0.25) is 0 Å². The lowest BCUT2D eigenvalue weighted by Crippen LogP contribution is -2.33. The number of ether oxygens (including phenoxy) is 1. The van der Waals surface area contributed by atoms with Gasteiger partial charge in [-0.1, -0.05) is 0 Å². The number of phenolic OH excluding ortho intramolecular Hbond substituents is 2. The molecule has 1 aromatic rings. The first kappa shape index (κ1) is 11.2. The number of aromatic hydroxyl groups is 2. The summed E-state index contributed by atoms with van der Waals surface area (Å²) in [6, 6.07) is 1.88. The highest BCUT2D eigenvalue weighted by Crippen LogP contribution is 2.38. The van der Waals surface area contributed by atoms with Crippen LogP contribution in [0.1, 0.15) is 22.8 Å². The molecule has 0 saturated carbocycles. The maximum atomic E-state index is 9.90. The standard InChI is InChI=1S/C12H17NO3/c1-7-5-9(10-6-13-3-4-16-10)12(15)11(14)8(7)2/h5,10,13-15H,3-4,6H2,1-2H3. The van der Waals surface area contributed by atoms with Crippen LogP contribution in [-0.2, 0) is 4.74 Å². The Morgan fingerprint density at radius 3 is 2.69 bits per heavy atom. The number of rotatable bonds is 1. The van der Waals surface area contributed by atoms with Crippen LogP contribution in [0.3, 0.4) is 0 Å². The Morgan fingerprint density at radius 1 is 1.31 bits per heavy atom. The van der Waals surface area contributed by atoms with Gasteiger partial charge in [0.05, 0.1) is 12.7 Å². The maximum Gasteiger partial charge on any atom is 0.163 e. The molecular formula is C12H17NO3. The van der Waals surface area contributed by atoms with E-state index in [4.69, 9.17) is 4.74 Å². The number of hydrogen-bond acceptors (Lipinski definition) is 4. The fourth-order valence-corrected chi connectivity index (χ4v) is 1.92. The SMILES string of the molecule is Cc1cc(C2CNCCO2)c(O)c(O)c1C. The maximum absolute atomic E-state index is 9.90. The average molecular weight is 223 g/mol. The summed E-state index contributed by atoms with van der Waals surface area (Å²) in [6.07, 6.45) is -0.182. The van der Waals surface area contributed by atoms with Gasteiger partial charge in [0, 0.05) is 18.7 Å². The molecule has 2 rings (SSSR count). The van der Waals surface area contributed by atoms with Crippen molar-refractivity contribution in [3.63, 3.8) is 0 Å². The third-order valence-electron chi connectivity index (χ3n) is 3.09. The summed E-state index contributed by atoms with van der Waals surface area (Å²) < 4.78 is 5.56. The van der Waals surface area contributed by atoms with Gasteiger partial charge in [0.2, 0.25) is 0 Å². The highest BCUT2D eigenvalue weighted by Gasteiger charge is 2.22. The third-order valence-corrected chi connectivity index (χ3v) is 3.09. The highest BCUT2D eigenvalue weighted by molar-refractivity contribution is 5.54. The monoisotopic (exact) mass is 223 g/mol. The molecule has 1 aliphatic heterocycles. The summed E-state index contributed by atoms with van der Waals surface area (Å²) in [5.41, 5.74) is 2.33. The fraction of sp³-hybridized carbons (Fsp3) is 0.500. The van der Waals surface area contributed by atoms with Crippen molar-refractivity contribution >= 4 is 0 Å². The van der Waals surface area contributed by atoms with Gasteiger partial charge in [-0.2, -0.15) is 0 Å². The molecule has 0 radical (unpaired) electrons. The fourth-order valence-electron chi connectivity index (χ4n) is 1.92. The molecule has 1 aromatic carbocycles. The molecule has 1 saturated heterocycles. The molecule has 1 heterocycles. The van der Waals surface area contributed by atoms with E-state index in [1.54, 1.807) is 6.92 Å². The number of nitrogens with one attached hydrogen (secondary N) is 1. The zero-order chi connectivity index (χ0) is 11.7. The van der Waals surface area contributed by atoms with E-state index in [-0.39, 0.29) is 17.6 Å². The summed E-state index contributed by atoms with van der Waals surface area (Å²) in [5, 5.41) is 22.9. The topological polar surface area (TPSA) is 61.7 Å². The van der Waals surface area contributed by atoms with Gasteiger partial charge in [0.1, 0.15) is 0 Å². The van der Waals surface area contributed by atoms with Crippen molar-refractivity contribution in [3.8, 4) is 11.5 Å². The van der Waals surface area contributed by atoms with Crippen LogP contribution in [0.15, 0.2) is 6.07 Å². The van der Waals surface area contributed by atoms with Crippen LogP contribution < -0.4 is 5.32 Å². The van der Waals surface area contributed by atoms with E-state index >= 15 is 0 Å². The zero-order valence-corrected chi connectivity index (χ0v) is 9.58. The summed E-state index contributed by atoms with van der Waals surface area (Å²) in [5.74, 6) is -0.0963. The lowest BCUT2D eigenvalue weighted by atomic mass is 9.99. The van der Waals surface area contributed by atoms with E-state index in [2.05, 4.69) is 5.32 Å². The van der Waals surface area contributed by atoms with Crippen molar-refractivity contribution in [2.24, 2.45) is 0 Å². The minimum Gasteiger partial charge on any atom is -0.504 e. The molecule has 3 N–H and O–H groups in total. The van der Waals surface area contributed by atoms with Gasteiger partial charge >= 0.3 is 0 Å². The smallest absolute Gasteiger partial charge is 0.163 e. The van der Waals surface area contributed by atoms with Crippen molar-refractivity contribution < 1.29 is 14.9 Å². The highest BCUT2D eigenvalue weighted by atomic mass is 16.5. The molecule has 1 aliphatic rings. The quantitative estimate of drug-likeness (QED) is 0.629. The van der Waals surface area contributed by atoms with Crippen LogP contribution in [0.5, 0.6) is 11.5 Å². The lowest BCUT2D eigenvalue weighted by Gasteiger charge is -2.25. The summed E-state index contributed by atoms with van der Waals surface area (Å²) in [7, 11) is 0. The van der Waals surface area contributed by atoms with Gasteiger partial charge in [-0.05, 0) is 31.0 Å². The number of morpholine rings is 1. The molecular weight excluding hydrogens is 206 g/mol. The van der Waals surface area contributed by atoms with E-state index < -0.39 is 0 Å². The molecule has 1 atom stereocenters. The third kappa shape index (κ3) is 1.86. The molecule has 0 spiro atoms. The molecule has 4 nitrogen and oxygen atoms in total.